The van der Waals surface area contributed by atoms with Gasteiger partial charge in [-0.15, -0.1) is 0 Å². The number of hydrogen-bond acceptors (Lipinski definition) is 4. The maximum atomic E-state index is 11.2. The molecule has 1 heterocycles. The fraction of sp³-hybridized carbons (Fsp3) is 0.556. The summed E-state index contributed by atoms with van der Waals surface area (Å²) in [5, 5.41) is 12.6. The van der Waals surface area contributed by atoms with Gasteiger partial charge in [0.25, 0.3) is 5.56 Å². The van der Waals surface area contributed by atoms with Crippen molar-refractivity contribution in [3.8, 4) is 0 Å². The molecule has 1 aliphatic rings. The third-order valence-electron chi connectivity index (χ3n) is 2.44. The molecule has 1 aromatic heterocycles. The van der Waals surface area contributed by atoms with Crippen molar-refractivity contribution >= 4 is 28.4 Å². The van der Waals surface area contributed by atoms with Crippen LogP contribution in [0.1, 0.15) is 12.8 Å². The number of nitrogens with zero attached hydrogens (tertiary/aromatic N) is 1. The molecular formula is C9H12IN3O2. The highest BCUT2D eigenvalue weighted by molar-refractivity contribution is 14.1. The number of hydrogen-bond donors (Lipinski definition) is 3. The van der Waals surface area contributed by atoms with E-state index in [1.807, 2.05) is 22.6 Å². The monoisotopic (exact) mass is 321 g/mol. The van der Waals surface area contributed by atoms with Gasteiger partial charge in [0.2, 0.25) is 0 Å². The van der Waals surface area contributed by atoms with Crippen LogP contribution in [0.15, 0.2) is 11.1 Å². The Morgan fingerprint density at radius 3 is 3.13 bits per heavy atom. The van der Waals surface area contributed by atoms with E-state index in [4.69, 9.17) is 0 Å². The topological polar surface area (TPSA) is 78.0 Å². The first kappa shape index (κ1) is 10.9. The molecule has 3 N–H and O–H groups in total. The molecule has 6 heteroatoms. The minimum atomic E-state index is -0.332. The van der Waals surface area contributed by atoms with Gasteiger partial charge in [-0.3, -0.25) is 4.79 Å². The number of H-pyrrole nitrogens is 1. The van der Waals surface area contributed by atoms with Crippen LogP contribution in [0.4, 0.5) is 5.82 Å². The summed E-state index contributed by atoms with van der Waals surface area (Å²) in [6, 6.07) is 0. The number of aliphatic hydroxyl groups is 1. The fourth-order valence-corrected chi connectivity index (χ4v) is 1.84. The van der Waals surface area contributed by atoms with E-state index in [9.17, 15) is 9.90 Å². The summed E-state index contributed by atoms with van der Waals surface area (Å²) < 4.78 is 0.526. The number of halogens is 1. The quantitative estimate of drug-likeness (QED) is 0.708. The van der Waals surface area contributed by atoms with Gasteiger partial charge in [-0.2, -0.15) is 0 Å². The summed E-state index contributed by atoms with van der Waals surface area (Å²) >= 11 is 1.93. The Morgan fingerprint density at radius 1 is 1.73 bits per heavy atom. The number of nitrogens with one attached hydrogen (secondary N) is 2. The highest BCUT2D eigenvalue weighted by Gasteiger charge is 2.29. The predicted octanol–water partition coefficient (Wildman–Crippen LogP) is 0.557. The van der Waals surface area contributed by atoms with E-state index in [0.29, 0.717) is 21.9 Å². The third kappa shape index (κ3) is 2.69. The lowest BCUT2D eigenvalue weighted by Gasteiger charge is -2.11. The maximum Gasteiger partial charge on any atom is 0.266 e. The molecule has 1 unspecified atom stereocenters. The van der Waals surface area contributed by atoms with Crippen molar-refractivity contribution in [1.82, 2.24) is 9.97 Å². The standard InChI is InChI=1S/C9H12IN3O2/c10-7-8(12-4-13-9(7)15)11-3-6(14)5-1-2-5/h4-6,14H,1-3H2,(H2,11,12,13,15). The van der Waals surface area contributed by atoms with Crippen LogP contribution in [-0.4, -0.2) is 27.7 Å². The summed E-state index contributed by atoms with van der Waals surface area (Å²) in [6.45, 7) is 0.455. The normalized spacial score (nSPS) is 17.5. The molecule has 82 valence electrons. The van der Waals surface area contributed by atoms with Gasteiger partial charge >= 0.3 is 0 Å². The minimum Gasteiger partial charge on any atom is -0.391 e. The Kier molecular flexibility index (Phi) is 3.25. The van der Waals surface area contributed by atoms with Crippen molar-refractivity contribution in [1.29, 1.82) is 0 Å². The van der Waals surface area contributed by atoms with Crippen LogP contribution in [0.2, 0.25) is 0 Å². The number of aliphatic hydroxyl groups excluding tert-OH is 1. The van der Waals surface area contributed by atoms with Gasteiger partial charge < -0.3 is 15.4 Å². The van der Waals surface area contributed by atoms with E-state index < -0.39 is 0 Å². The highest BCUT2D eigenvalue weighted by Crippen LogP contribution is 2.32. The zero-order valence-corrected chi connectivity index (χ0v) is 10.2. The Morgan fingerprint density at radius 2 is 2.47 bits per heavy atom. The molecule has 5 nitrogen and oxygen atoms in total. The van der Waals surface area contributed by atoms with E-state index in [-0.39, 0.29) is 11.7 Å². The molecule has 0 spiro atoms. The lowest BCUT2D eigenvalue weighted by Crippen LogP contribution is -2.24. The van der Waals surface area contributed by atoms with Crippen molar-refractivity contribution in [3.05, 3.63) is 20.3 Å². The average Bonchev–Trinajstić information content (AvgIpc) is 3.03. The van der Waals surface area contributed by atoms with Crippen LogP contribution < -0.4 is 10.9 Å². The second-order valence-corrected chi connectivity index (χ2v) is 4.76. The summed E-state index contributed by atoms with van der Waals surface area (Å²) in [5.74, 6) is 0.969. The predicted molar refractivity (Wildman–Crippen MR) is 64.8 cm³/mol. The molecule has 2 rings (SSSR count). The smallest absolute Gasteiger partial charge is 0.266 e. The maximum absolute atomic E-state index is 11.2. The molecular weight excluding hydrogens is 309 g/mol. The summed E-state index contributed by atoms with van der Waals surface area (Å²) in [5.41, 5.74) is -0.158. The molecule has 1 atom stereocenters. The lowest BCUT2D eigenvalue weighted by molar-refractivity contribution is 0.164. The van der Waals surface area contributed by atoms with Crippen LogP contribution in [0.25, 0.3) is 0 Å². The molecule has 0 bridgehead atoms. The Bertz CT molecular complexity index is 403. The van der Waals surface area contributed by atoms with Gasteiger partial charge in [0, 0.05) is 6.54 Å². The van der Waals surface area contributed by atoms with Crippen LogP contribution in [0.3, 0.4) is 0 Å². The second-order valence-electron chi connectivity index (χ2n) is 3.68. The minimum absolute atomic E-state index is 0.158. The van der Waals surface area contributed by atoms with Crippen molar-refractivity contribution in [2.24, 2.45) is 5.92 Å². The van der Waals surface area contributed by atoms with Crippen molar-refractivity contribution in [2.45, 2.75) is 18.9 Å². The summed E-state index contributed by atoms with van der Waals surface area (Å²) in [7, 11) is 0. The van der Waals surface area contributed by atoms with E-state index >= 15 is 0 Å². The fourth-order valence-electron chi connectivity index (χ4n) is 1.36. The molecule has 15 heavy (non-hydrogen) atoms. The number of rotatable bonds is 4. The van der Waals surface area contributed by atoms with Gasteiger partial charge in [-0.05, 0) is 41.4 Å². The van der Waals surface area contributed by atoms with Gasteiger partial charge in [-0.1, -0.05) is 0 Å². The SMILES string of the molecule is O=c1[nH]cnc(NCC(O)C2CC2)c1I. The van der Waals surface area contributed by atoms with E-state index in [1.165, 1.54) is 6.33 Å². The van der Waals surface area contributed by atoms with Crippen molar-refractivity contribution in [2.75, 3.05) is 11.9 Å². The first-order chi connectivity index (χ1) is 7.18. The molecule has 1 aromatic rings. The molecule has 0 aromatic carbocycles. The molecule has 1 aliphatic carbocycles. The first-order valence-corrected chi connectivity index (χ1v) is 5.91. The second kappa shape index (κ2) is 4.48. The number of aromatic nitrogens is 2. The van der Waals surface area contributed by atoms with Crippen LogP contribution >= 0.6 is 22.6 Å². The van der Waals surface area contributed by atoms with Gasteiger partial charge in [-0.25, -0.2) is 4.98 Å². The van der Waals surface area contributed by atoms with Crippen molar-refractivity contribution in [3.63, 3.8) is 0 Å². The van der Waals surface area contributed by atoms with Crippen molar-refractivity contribution < 1.29 is 5.11 Å². The van der Waals surface area contributed by atoms with Crippen LogP contribution in [0, 0.1) is 9.49 Å². The summed E-state index contributed by atoms with van der Waals surface area (Å²) in [4.78, 5) is 17.7. The third-order valence-corrected chi connectivity index (χ3v) is 3.44. The zero-order chi connectivity index (χ0) is 10.8. The van der Waals surface area contributed by atoms with E-state index in [1.54, 1.807) is 0 Å². The van der Waals surface area contributed by atoms with Crippen LogP contribution in [-0.2, 0) is 0 Å². The largest absolute Gasteiger partial charge is 0.391 e. The molecule has 1 fully saturated rings. The highest BCUT2D eigenvalue weighted by atomic mass is 127. The molecule has 0 saturated heterocycles. The van der Waals surface area contributed by atoms with Gasteiger partial charge in [0.05, 0.1) is 12.4 Å². The zero-order valence-electron chi connectivity index (χ0n) is 8.03. The lowest BCUT2D eigenvalue weighted by atomic mass is 10.2. The molecule has 0 radical (unpaired) electrons. The molecule has 0 amide bonds. The number of aromatic amines is 1. The summed E-state index contributed by atoms with van der Waals surface area (Å²) in [6.07, 6.45) is 3.23. The Hall–Kier alpha value is -0.630. The van der Waals surface area contributed by atoms with Gasteiger partial charge in [0.15, 0.2) is 0 Å². The molecule has 0 aliphatic heterocycles. The Balaban J connectivity index is 1.98. The average molecular weight is 321 g/mol. The Labute approximate surface area is 100 Å². The van der Waals surface area contributed by atoms with Crippen LogP contribution in [0.5, 0.6) is 0 Å². The van der Waals surface area contributed by atoms with Gasteiger partial charge in [0.1, 0.15) is 9.39 Å². The first-order valence-electron chi connectivity index (χ1n) is 4.83. The van der Waals surface area contributed by atoms with E-state index in [2.05, 4.69) is 15.3 Å². The van der Waals surface area contributed by atoms with E-state index in [0.717, 1.165) is 12.8 Å². The molecule has 1 saturated carbocycles. The number of anilines is 1.